The van der Waals surface area contributed by atoms with E-state index in [9.17, 15) is 4.79 Å². The molecular weight excluding hydrogens is 258 g/mol. The third-order valence-electron chi connectivity index (χ3n) is 3.52. The lowest BCUT2D eigenvalue weighted by atomic mass is 9.99. The van der Waals surface area contributed by atoms with Crippen LogP contribution in [0.5, 0.6) is 11.5 Å². The summed E-state index contributed by atoms with van der Waals surface area (Å²) >= 11 is 0. The lowest BCUT2D eigenvalue weighted by molar-refractivity contribution is 0.0600. The number of ether oxygens (including phenoxy) is 3. The number of hydrogen-bond acceptors (Lipinski definition) is 5. The monoisotopic (exact) mass is 279 g/mol. The molecule has 5 nitrogen and oxygen atoms in total. The summed E-state index contributed by atoms with van der Waals surface area (Å²) in [6, 6.07) is 5.09. The predicted molar refractivity (Wildman–Crippen MR) is 75.4 cm³/mol. The Morgan fingerprint density at radius 2 is 2.00 bits per heavy atom. The Bertz CT molecular complexity index is 455. The highest BCUT2D eigenvalue weighted by Gasteiger charge is 2.16. The minimum atomic E-state index is -0.381. The van der Waals surface area contributed by atoms with Gasteiger partial charge in [0.05, 0.1) is 26.4 Å². The van der Waals surface area contributed by atoms with Crippen molar-refractivity contribution < 1.29 is 19.0 Å². The fraction of sp³-hybridized carbons (Fsp3) is 0.533. The molecule has 20 heavy (non-hydrogen) atoms. The van der Waals surface area contributed by atoms with Crippen LogP contribution in [-0.2, 0) is 4.74 Å². The highest BCUT2D eigenvalue weighted by molar-refractivity contribution is 5.90. The second-order valence-corrected chi connectivity index (χ2v) is 4.86. The second-order valence-electron chi connectivity index (χ2n) is 4.86. The quantitative estimate of drug-likeness (QED) is 0.834. The molecule has 0 aliphatic carbocycles. The van der Waals surface area contributed by atoms with Crippen LogP contribution in [0.15, 0.2) is 18.2 Å². The lowest BCUT2D eigenvalue weighted by Crippen LogP contribution is -2.30. The first-order chi connectivity index (χ1) is 9.74. The van der Waals surface area contributed by atoms with Crippen LogP contribution < -0.4 is 14.8 Å². The molecule has 0 saturated carbocycles. The van der Waals surface area contributed by atoms with Crippen molar-refractivity contribution in [1.29, 1.82) is 0 Å². The van der Waals surface area contributed by atoms with Gasteiger partial charge in [-0.15, -0.1) is 0 Å². The average Bonchev–Trinajstić information content (AvgIpc) is 2.53. The van der Waals surface area contributed by atoms with Crippen molar-refractivity contribution in [3.05, 3.63) is 23.8 Å². The van der Waals surface area contributed by atoms with E-state index in [4.69, 9.17) is 9.47 Å². The Balaban J connectivity index is 2.01. The van der Waals surface area contributed by atoms with E-state index in [0.29, 0.717) is 29.6 Å². The van der Waals surface area contributed by atoms with Gasteiger partial charge in [-0.1, -0.05) is 0 Å². The van der Waals surface area contributed by atoms with Crippen molar-refractivity contribution >= 4 is 5.97 Å². The summed E-state index contributed by atoms with van der Waals surface area (Å²) in [6.07, 6.45) is 2.26. The molecule has 1 N–H and O–H groups in total. The van der Waals surface area contributed by atoms with Crippen LogP contribution in [0.2, 0.25) is 0 Å². The zero-order chi connectivity index (χ0) is 14.4. The smallest absolute Gasteiger partial charge is 0.337 e. The molecule has 0 unspecified atom stereocenters. The summed E-state index contributed by atoms with van der Waals surface area (Å²) in [6.45, 7) is 2.77. The number of rotatable bonds is 5. The first kappa shape index (κ1) is 14.7. The van der Waals surface area contributed by atoms with Crippen molar-refractivity contribution in [2.75, 3.05) is 33.9 Å². The van der Waals surface area contributed by atoms with Crippen LogP contribution in [0.1, 0.15) is 23.2 Å². The molecule has 0 aromatic heterocycles. The summed E-state index contributed by atoms with van der Waals surface area (Å²) in [5.41, 5.74) is 0.457. The molecular formula is C15H21NO4. The Hall–Kier alpha value is -1.75. The first-order valence-corrected chi connectivity index (χ1v) is 6.84. The van der Waals surface area contributed by atoms with Crippen molar-refractivity contribution in [2.24, 2.45) is 5.92 Å². The number of esters is 1. The van der Waals surface area contributed by atoms with E-state index in [1.807, 2.05) is 0 Å². The fourth-order valence-electron chi connectivity index (χ4n) is 2.29. The minimum absolute atomic E-state index is 0.381. The fourth-order valence-corrected chi connectivity index (χ4v) is 2.29. The zero-order valence-corrected chi connectivity index (χ0v) is 12.0. The van der Waals surface area contributed by atoms with Gasteiger partial charge in [-0.05, 0) is 50.0 Å². The molecule has 0 amide bonds. The van der Waals surface area contributed by atoms with Crippen molar-refractivity contribution in [1.82, 2.24) is 5.32 Å². The van der Waals surface area contributed by atoms with E-state index >= 15 is 0 Å². The predicted octanol–water partition coefficient (Wildman–Crippen LogP) is 1.86. The van der Waals surface area contributed by atoms with Gasteiger partial charge in [0, 0.05) is 0 Å². The summed E-state index contributed by atoms with van der Waals surface area (Å²) in [5.74, 6) is 1.41. The molecule has 1 heterocycles. The lowest BCUT2D eigenvalue weighted by Gasteiger charge is -2.23. The van der Waals surface area contributed by atoms with Crippen LogP contribution >= 0.6 is 0 Å². The highest BCUT2D eigenvalue weighted by atomic mass is 16.5. The van der Waals surface area contributed by atoms with Gasteiger partial charge in [-0.2, -0.15) is 0 Å². The first-order valence-electron chi connectivity index (χ1n) is 6.84. The molecule has 1 aliphatic heterocycles. The maximum atomic E-state index is 11.5. The largest absolute Gasteiger partial charge is 0.493 e. The van der Waals surface area contributed by atoms with Gasteiger partial charge in [0.1, 0.15) is 0 Å². The molecule has 1 aliphatic rings. The molecule has 0 bridgehead atoms. The van der Waals surface area contributed by atoms with Crippen molar-refractivity contribution in [3.8, 4) is 11.5 Å². The third kappa shape index (κ3) is 3.63. The van der Waals surface area contributed by atoms with Gasteiger partial charge < -0.3 is 19.5 Å². The molecule has 1 saturated heterocycles. The van der Waals surface area contributed by atoms with E-state index in [1.165, 1.54) is 7.11 Å². The van der Waals surface area contributed by atoms with Crippen LogP contribution in [0, 0.1) is 5.92 Å². The minimum Gasteiger partial charge on any atom is -0.493 e. The van der Waals surface area contributed by atoms with Crippen molar-refractivity contribution in [2.45, 2.75) is 12.8 Å². The Morgan fingerprint density at radius 3 is 2.65 bits per heavy atom. The van der Waals surface area contributed by atoms with Crippen LogP contribution in [0.25, 0.3) is 0 Å². The number of methoxy groups -OCH3 is 2. The number of carbonyl (C=O) groups excluding carboxylic acids is 1. The van der Waals surface area contributed by atoms with Gasteiger partial charge in [-0.25, -0.2) is 4.79 Å². The van der Waals surface area contributed by atoms with Gasteiger partial charge in [0.2, 0.25) is 0 Å². The van der Waals surface area contributed by atoms with E-state index in [2.05, 4.69) is 10.1 Å². The summed E-state index contributed by atoms with van der Waals surface area (Å²) in [7, 11) is 2.92. The third-order valence-corrected chi connectivity index (χ3v) is 3.52. The topological polar surface area (TPSA) is 56.8 Å². The molecule has 1 aromatic rings. The number of benzene rings is 1. The number of nitrogens with one attached hydrogen (secondary N) is 1. The maximum Gasteiger partial charge on any atom is 0.337 e. The molecule has 2 rings (SSSR count). The van der Waals surface area contributed by atoms with Crippen molar-refractivity contribution in [3.63, 3.8) is 0 Å². The molecule has 1 aromatic carbocycles. The maximum absolute atomic E-state index is 11.5. The summed E-state index contributed by atoms with van der Waals surface area (Å²) in [4.78, 5) is 11.5. The molecule has 110 valence electrons. The molecule has 5 heteroatoms. The van der Waals surface area contributed by atoms with Gasteiger partial charge in [0.15, 0.2) is 11.5 Å². The number of carbonyl (C=O) groups is 1. The summed E-state index contributed by atoms with van der Waals surface area (Å²) < 4.78 is 15.8. The number of hydrogen-bond donors (Lipinski definition) is 1. The second kappa shape index (κ2) is 7.14. The average molecular weight is 279 g/mol. The molecule has 1 fully saturated rings. The summed E-state index contributed by atoms with van der Waals surface area (Å²) in [5, 5.41) is 3.33. The number of piperidine rings is 1. The van der Waals surface area contributed by atoms with Gasteiger partial charge in [-0.3, -0.25) is 0 Å². The van der Waals surface area contributed by atoms with Gasteiger partial charge in [0.25, 0.3) is 0 Å². The molecule has 0 radical (unpaired) electrons. The Labute approximate surface area is 119 Å². The molecule has 0 atom stereocenters. The molecule has 0 spiro atoms. The highest BCUT2D eigenvalue weighted by Crippen LogP contribution is 2.29. The van der Waals surface area contributed by atoms with Crippen LogP contribution in [0.4, 0.5) is 0 Å². The van der Waals surface area contributed by atoms with E-state index < -0.39 is 0 Å². The Morgan fingerprint density at radius 1 is 1.25 bits per heavy atom. The SMILES string of the molecule is COC(=O)c1ccc(OCC2CCNCC2)c(OC)c1. The Kier molecular flexibility index (Phi) is 5.24. The van der Waals surface area contributed by atoms with E-state index in [-0.39, 0.29) is 5.97 Å². The zero-order valence-electron chi connectivity index (χ0n) is 12.0. The standard InChI is InChI=1S/C15H21NO4/c1-18-14-9-12(15(17)19-2)3-4-13(14)20-10-11-5-7-16-8-6-11/h3-4,9,11,16H,5-8,10H2,1-2H3. The van der Waals surface area contributed by atoms with Crippen LogP contribution in [0.3, 0.4) is 0 Å². The van der Waals surface area contributed by atoms with E-state index in [1.54, 1.807) is 25.3 Å². The van der Waals surface area contributed by atoms with E-state index in [0.717, 1.165) is 25.9 Å². The van der Waals surface area contributed by atoms with Gasteiger partial charge >= 0.3 is 5.97 Å². The normalized spacial score (nSPS) is 15.7. The van der Waals surface area contributed by atoms with Crippen LogP contribution in [-0.4, -0.2) is 39.9 Å².